The maximum Gasteiger partial charge on any atom is 0.207 e. The molecule has 0 spiro atoms. The molecule has 2 aromatic rings. The first kappa shape index (κ1) is 14.0. The van der Waals surface area contributed by atoms with E-state index in [1.54, 1.807) is 7.11 Å². The van der Waals surface area contributed by atoms with Gasteiger partial charge in [-0.25, -0.2) is 0 Å². The predicted molar refractivity (Wildman–Crippen MR) is 79.8 cm³/mol. The molecule has 100 valence electrons. The molecule has 1 unspecified atom stereocenters. The Labute approximate surface area is 114 Å². The third kappa shape index (κ3) is 4.34. The average molecular weight is 274 g/mol. The lowest BCUT2D eigenvalue weighted by Crippen LogP contribution is -2.00. The first-order chi connectivity index (χ1) is 9.22. The molecule has 0 aliphatic heterocycles. The SMILES string of the molecule is COP(=O)(CCc1ccccc1)Cc1ccccc1. The first-order valence-corrected chi connectivity index (χ1v) is 8.43. The van der Waals surface area contributed by atoms with Gasteiger partial charge in [-0.3, -0.25) is 4.57 Å². The molecule has 2 rings (SSSR count). The molecule has 0 radical (unpaired) electrons. The molecule has 0 aliphatic carbocycles. The van der Waals surface area contributed by atoms with Crippen LogP contribution in [-0.2, 0) is 21.7 Å². The standard InChI is InChI=1S/C16H19O2P/c1-18-19(17,14-16-10-6-3-7-11-16)13-12-15-8-4-2-5-9-15/h2-11H,12-14H2,1H3. The number of benzene rings is 2. The van der Waals surface area contributed by atoms with Gasteiger partial charge in [0.15, 0.2) is 0 Å². The maximum atomic E-state index is 12.7. The van der Waals surface area contributed by atoms with Crippen LogP contribution >= 0.6 is 7.37 Å². The largest absolute Gasteiger partial charge is 0.332 e. The highest BCUT2D eigenvalue weighted by Gasteiger charge is 2.21. The van der Waals surface area contributed by atoms with E-state index in [0.29, 0.717) is 12.3 Å². The van der Waals surface area contributed by atoms with Gasteiger partial charge in [0.05, 0.1) is 0 Å². The van der Waals surface area contributed by atoms with Gasteiger partial charge in [0, 0.05) is 19.4 Å². The lowest BCUT2D eigenvalue weighted by atomic mass is 10.2. The van der Waals surface area contributed by atoms with Crippen molar-refractivity contribution >= 4 is 7.37 Å². The van der Waals surface area contributed by atoms with E-state index in [1.807, 2.05) is 48.5 Å². The van der Waals surface area contributed by atoms with Crippen molar-refractivity contribution in [3.63, 3.8) is 0 Å². The summed E-state index contributed by atoms with van der Waals surface area (Å²) in [6.45, 7) is 0. The summed E-state index contributed by atoms with van der Waals surface area (Å²) < 4.78 is 18.0. The molecule has 0 saturated heterocycles. The van der Waals surface area contributed by atoms with Crippen molar-refractivity contribution in [1.82, 2.24) is 0 Å². The van der Waals surface area contributed by atoms with Crippen molar-refractivity contribution in [2.45, 2.75) is 12.6 Å². The highest BCUT2D eigenvalue weighted by molar-refractivity contribution is 7.58. The molecule has 0 saturated carbocycles. The van der Waals surface area contributed by atoms with Crippen molar-refractivity contribution < 1.29 is 9.09 Å². The number of aryl methyl sites for hydroxylation is 1. The monoisotopic (exact) mass is 274 g/mol. The fraction of sp³-hybridized carbons (Fsp3) is 0.250. The Bertz CT molecular complexity index is 537. The second kappa shape index (κ2) is 6.70. The summed E-state index contributed by atoms with van der Waals surface area (Å²) in [5.74, 6) is 0. The Hall–Kier alpha value is -1.37. The molecule has 2 aromatic carbocycles. The second-order valence-corrected chi connectivity index (χ2v) is 7.36. The van der Waals surface area contributed by atoms with Gasteiger partial charge in [0.2, 0.25) is 7.37 Å². The Morgan fingerprint density at radius 2 is 1.42 bits per heavy atom. The van der Waals surface area contributed by atoms with Crippen LogP contribution < -0.4 is 0 Å². The summed E-state index contributed by atoms with van der Waals surface area (Å²) in [7, 11) is -1.04. The molecular formula is C16H19O2P. The van der Waals surface area contributed by atoms with Crippen LogP contribution in [0.15, 0.2) is 60.7 Å². The Morgan fingerprint density at radius 1 is 0.895 bits per heavy atom. The molecule has 3 heteroatoms. The summed E-state index contributed by atoms with van der Waals surface area (Å²) in [4.78, 5) is 0. The number of rotatable bonds is 6. The van der Waals surface area contributed by atoms with Gasteiger partial charge < -0.3 is 4.52 Å². The number of hydrogen-bond acceptors (Lipinski definition) is 2. The zero-order valence-electron chi connectivity index (χ0n) is 11.2. The van der Waals surface area contributed by atoms with Crippen molar-refractivity contribution in [3.05, 3.63) is 71.8 Å². The van der Waals surface area contributed by atoms with Gasteiger partial charge in [-0.05, 0) is 17.5 Å². The Kier molecular flexibility index (Phi) is 4.95. The van der Waals surface area contributed by atoms with E-state index in [0.717, 1.165) is 12.0 Å². The fourth-order valence-electron chi connectivity index (χ4n) is 2.04. The summed E-state index contributed by atoms with van der Waals surface area (Å²) in [5.41, 5.74) is 2.27. The Balaban J connectivity index is 2.00. The zero-order chi connectivity index (χ0) is 13.6. The van der Waals surface area contributed by atoms with Crippen molar-refractivity contribution in [2.75, 3.05) is 13.3 Å². The molecule has 1 atom stereocenters. The van der Waals surface area contributed by atoms with Gasteiger partial charge in [-0.2, -0.15) is 0 Å². The topological polar surface area (TPSA) is 26.3 Å². The van der Waals surface area contributed by atoms with Crippen molar-refractivity contribution in [2.24, 2.45) is 0 Å². The normalized spacial score (nSPS) is 13.9. The predicted octanol–water partition coefficient (Wildman–Crippen LogP) is 4.35. The van der Waals surface area contributed by atoms with E-state index in [1.165, 1.54) is 5.56 Å². The molecule has 2 nitrogen and oxygen atoms in total. The first-order valence-electron chi connectivity index (χ1n) is 6.43. The molecule has 0 heterocycles. The van der Waals surface area contributed by atoms with Gasteiger partial charge >= 0.3 is 0 Å². The van der Waals surface area contributed by atoms with Crippen LogP contribution in [0.4, 0.5) is 0 Å². The lowest BCUT2D eigenvalue weighted by molar-refractivity contribution is 0.392. The molecule has 0 aromatic heterocycles. The average Bonchev–Trinajstić information content (AvgIpc) is 2.47. The molecule has 19 heavy (non-hydrogen) atoms. The van der Waals surface area contributed by atoms with E-state index in [9.17, 15) is 4.57 Å². The van der Waals surface area contributed by atoms with Crippen LogP contribution in [0.5, 0.6) is 0 Å². The lowest BCUT2D eigenvalue weighted by Gasteiger charge is -2.16. The van der Waals surface area contributed by atoms with Gasteiger partial charge in [-0.1, -0.05) is 60.7 Å². The van der Waals surface area contributed by atoms with E-state index in [-0.39, 0.29) is 0 Å². The van der Waals surface area contributed by atoms with Crippen LogP contribution in [0, 0.1) is 0 Å². The van der Waals surface area contributed by atoms with Crippen molar-refractivity contribution in [3.8, 4) is 0 Å². The molecule has 0 fully saturated rings. The fourth-order valence-corrected chi connectivity index (χ4v) is 3.88. The number of hydrogen-bond donors (Lipinski definition) is 0. The smallest absolute Gasteiger partial charge is 0.207 e. The molecular weight excluding hydrogens is 255 g/mol. The second-order valence-electron chi connectivity index (χ2n) is 4.60. The van der Waals surface area contributed by atoms with Crippen LogP contribution in [-0.4, -0.2) is 13.3 Å². The van der Waals surface area contributed by atoms with E-state index < -0.39 is 7.37 Å². The van der Waals surface area contributed by atoms with Crippen molar-refractivity contribution in [1.29, 1.82) is 0 Å². The molecule has 0 N–H and O–H groups in total. The van der Waals surface area contributed by atoms with Gasteiger partial charge in [0.25, 0.3) is 0 Å². The third-order valence-electron chi connectivity index (χ3n) is 3.18. The van der Waals surface area contributed by atoms with E-state index >= 15 is 0 Å². The van der Waals surface area contributed by atoms with Gasteiger partial charge in [-0.15, -0.1) is 0 Å². The van der Waals surface area contributed by atoms with Gasteiger partial charge in [0.1, 0.15) is 0 Å². The molecule has 0 aliphatic rings. The molecule has 0 bridgehead atoms. The quantitative estimate of drug-likeness (QED) is 0.732. The van der Waals surface area contributed by atoms with E-state index in [2.05, 4.69) is 12.1 Å². The summed E-state index contributed by atoms with van der Waals surface area (Å²) in [6.07, 6.45) is 1.89. The summed E-state index contributed by atoms with van der Waals surface area (Å²) >= 11 is 0. The summed E-state index contributed by atoms with van der Waals surface area (Å²) in [6, 6.07) is 20.0. The van der Waals surface area contributed by atoms with Crippen LogP contribution in [0.25, 0.3) is 0 Å². The van der Waals surface area contributed by atoms with Crippen LogP contribution in [0.3, 0.4) is 0 Å². The van der Waals surface area contributed by atoms with Crippen LogP contribution in [0.2, 0.25) is 0 Å². The molecule has 0 amide bonds. The third-order valence-corrected chi connectivity index (χ3v) is 5.60. The summed E-state index contributed by atoms with van der Waals surface area (Å²) in [5, 5.41) is 0. The van der Waals surface area contributed by atoms with E-state index in [4.69, 9.17) is 4.52 Å². The highest BCUT2D eigenvalue weighted by Crippen LogP contribution is 2.49. The zero-order valence-corrected chi connectivity index (χ0v) is 12.1. The minimum Gasteiger partial charge on any atom is -0.332 e. The Morgan fingerprint density at radius 3 is 1.95 bits per heavy atom. The highest BCUT2D eigenvalue weighted by atomic mass is 31.2. The maximum absolute atomic E-state index is 12.7. The minimum absolute atomic E-state index is 0.511. The minimum atomic E-state index is -2.59. The van der Waals surface area contributed by atoms with Crippen LogP contribution in [0.1, 0.15) is 11.1 Å².